The average molecular weight is 371 g/mol. The summed E-state index contributed by atoms with van der Waals surface area (Å²) in [5.41, 5.74) is 3.23. The van der Waals surface area contributed by atoms with Crippen LogP contribution in [0.25, 0.3) is 0 Å². The van der Waals surface area contributed by atoms with E-state index in [0.717, 1.165) is 31.2 Å². The van der Waals surface area contributed by atoms with Crippen LogP contribution < -0.4 is 10.2 Å². The minimum absolute atomic E-state index is 0.0546. The van der Waals surface area contributed by atoms with E-state index in [1.807, 2.05) is 6.92 Å². The zero-order valence-electron chi connectivity index (χ0n) is 13.1. The normalized spacial score (nSPS) is 10.9. The lowest BCUT2D eigenvalue weighted by Crippen LogP contribution is -2.16. The number of aromatic hydroxyl groups is 1. The molecule has 6 heteroatoms. The molecule has 0 heterocycles. The molecule has 0 aliphatic heterocycles. The Kier molecular flexibility index (Phi) is 8.58. The van der Waals surface area contributed by atoms with Crippen LogP contribution in [0, 0.1) is 0 Å². The highest BCUT2D eigenvalue weighted by Crippen LogP contribution is 2.34. The van der Waals surface area contributed by atoms with E-state index in [2.05, 4.69) is 33.4 Å². The number of phenols is 1. The summed E-state index contributed by atoms with van der Waals surface area (Å²) in [5, 5.41) is 13.8. The molecule has 1 amide bonds. The number of carbonyl (C=O) groups is 1. The Hall–Kier alpha value is -1.56. The lowest BCUT2D eigenvalue weighted by molar-refractivity contribution is -0.121. The minimum atomic E-state index is -0.0878. The van der Waals surface area contributed by atoms with Crippen molar-refractivity contribution in [2.75, 3.05) is 6.61 Å². The van der Waals surface area contributed by atoms with E-state index in [-0.39, 0.29) is 11.7 Å². The first-order valence-electron chi connectivity index (χ1n) is 7.55. The van der Waals surface area contributed by atoms with Crippen molar-refractivity contribution in [1.82, 2.24) is 5.43 Å². The molecule has 0 bridgehead atoms. The number of hydrogen-bond acceptors (Lipinski definition) is 4. The summed E-state index contributed by atoms with van der Waals surface area (Å²) in [4.78, 5) is 11.6. The molecule has 122 valence electrons. The summed E-state index contributed by atoms with van der Waals surface area (Å²) in [5.74, 6) is 0.346. The van der Waals surface area contributed by atoms with E-state index in [1.165, 1.54) is 6.21 Å². The van der Waals surface area contributed by atoms with E-state index in [1.54, 1.807) is 12.1 Å². The minimum Gasteiger partial charge on any atom is -0.503 e. The van der Waals surface area contributed by atoms with Gasteiger partial charge in [0, 0.05) is 6.42 Å². The number of unbranched alkanes of at least 4 members (excludes halogenated alkanes) is 3. The number of amides is 1. The van der Waals surface area contributed by atoms with Gasteiger partial charge in [0.05, 0.1) is 17.3 Å². The Morgan fingerprint density at radius 2 is 2.14 bits per heavy atom. The molecule has 0 aliphatic rings. The maximum atomic E-state index is 11.6. The fourth-order valence-electron chi connectivity index (χ4n) is 1.88. The van der Waals surface area contributed by atoms with Crippen LogP contribution in [0.2, 0.25) is 0 Å². The highest BCUT2D eigenvalue weighted by molar-refractivity contribution is 9.10. The van der Waals surface area contributed by atoms with Gasteiger partial charge in [-0.25, -0.2) is 5.43 Å². The van der Waals surface area contributed by atoms with Gasteiger partial charge in [0.15, 0.2) is 11.5 Å². The molecule has 2 N–H and O–H groups in total. The number of ether oxygens (including phenoxy) is 1. The SMILES string of the molecule is CCCCCCC(=O)NN=Cc1cc(Br)c(O)c(OCC)c1. The maximum Gasteiger partial charge on any atom is 0.240 e. The molecule has 0 spiro atoms. The zero-order valence-corrected chi connectivity index (χ0v) is 14.6. The van der Waals surface area contributed by atoms with Gasteiger partial charge in [-0.2, -0.15) is 5.10 Å². The number of phenolic OH excluding ortho intramolecular Hbond substituents is 1. The van der Waals surface area contributed by atoms with Crippen LogP contribution in [-0.2, 0) is 4.79 Å². The summed E-state index contributed by atoms with van der Waals surface area (Å²) in [6, 6.07) is 3.37. The van der Waals surface area contributed by atoms with Gasteiger partial charge in [-0.1, -0.05) is 26.2 Å². The molecular weight excluding hydrogens is 348 g/mol. The van der Waals surface area contributed by atoms with E-state index in [4.69, 9.17) is 4.74 Å². The van der Waals surface area contributed by atoms with Gasteiger partial charge in [-0.05, 0) is 47.0 Å². The highest BCUT2D eigenvalue weighted by Gasteiger charge is 2.08. The number of rotatable bonds is 9. The molecule has 1 rings (SSSR count). The number of nitrogens with one attached hydrogen (secondary N) is 1. The molecule has 0 fully saturated rings. The highest BCUT2D eigenvalue weighted by atomic mass is 79.9. The Morgan fingerprint density at radius 3 is 2.82 bits per heavy atom. The number of benzene rings is 1. The van der Waals surface area contributed by atoms with E-state index >= 15 is 0 Å². The molecule has 5 nitrogen and oxygen atoms in total. The predicted molar refractivity (Wildman–Crippen MR) is 91.5 cm³/mol. The summed E-state index contributed by atoms with van der Waals surface area (Å²) in [7, 11) is 0. The van der Waals surface area contributed by atoms with Crippen molar-refractivity contribution in [3.63, 3.8) is 0 Å². The molecule has 0 aliphatic carbocycles. The molecular formula is C16H23BrN2O3. The van der Waals surface area contributed by atoms with Crippen LogP contribution in [0.3, 0.4) is 0 Å². The molecule has 0 atom stereocenters. The maximum absolute atomic E-state index is 11.6. The fraction of sp³-hybridized carbons (Fsp3) is 0.500. The van der Waals surface area contributed by atoms with E-state index < -0.39 is 0 Å². The number of hydrogen-bond donors (Lipinski definition) is 2. The van der Waals surface area contributed by atoms with Crippen LogP contribution in [0.5, 0.6) is 11.5 Å². The molecule has 1 aromatic rings. The third kappa shape index (κ3) is 6.47. The van der Waals surface area contributed by atoms with Gasteiger partial charge in [-0.15, -0.1) is 0 Å². The molecule has 0 saturated heterocycles. The molecule has 0 aromatic heterocycles. The first kappa shape index (κ1) is 18.5. The molecule has 0 radical (unpaired) electrons. The van der Waals surface area contributed by atoms with Crippen molar-refractivity contribution in [3.8, 4) is 11.5 Å². The molecule has 0 unspecified atom stereocenters. The summed E-state index contributed by atoms with van der Waals surface area (Å²) < 4.78 is 5.85. The van der Waals surface area contributed by atoms with Crippen molar-refractivity contribution in [2.24, 2.45) is 5.10 Å². The number of halogens is 1. The molecule has 22 heavy (non-hydrogen) atoms. The Bertz CT molecular complexity index is 518. The van der Waals surface area contributed by atoms with Crippen LogP contribution in [-0.4, -0.2) is 23.8 Å². The van der Waals surface area contributed by atoms with Crippen molar-refractivity contribution in [1.29, 1.82) is 0 Å². The van der Waals surface area contributed by atoms with Gasteiger partial charge < -0.3 is 9.84 Å². The third-order valence-corrected chi connectivity index (χ3v) is 3.62. The average Bonchev–Trinajstić information content (AvgIpc) is 2.49. The fourth-order valence-corrected chi connectivity index (χ4v) is 2.34. The Morgan fingerprint density at radius 1 is 1.36 bits per heavy atom. The Labute approximate surface area is 139 Å². The van der Waals surface area contributed by atoms with Crippen molar-refractivity contribution in [2.45, 2.75) is 46.0 Å². The summed E-state index contributed by atoms with van der Waals surface area (Å²) in [6.45, 7) is 4.43. The van der Waals surface area contributed by atoms with Gasteiger partial charge in [0.2, 0.25) is 5.91 Å². The third-order valence-electron chi connectivity index (χ3n) is 3.01. The van der Waals surface area contributed by atoms with Crippen molar-refractivity contribution < 1.29 is 14.6 Å². The van der Waals surface area contributed by atoms with Crippen LogP contribution in [0.4, 0.5) is 0 Å². The second-order valence-electron chi connectivity index (χ2n) is 4.89. The number of carbonyl (C=O) groups excluding carboxylic acids is 1. The second kappa shape index (κ2) is 10.2. The monoisotopic (exact) mass is 370 g/mol. The smallest absolute Gasteiger partial charge is 0.240 e. The lowest BCUT2D eigenvalue weighted by atomic mass is 10.1. The number of nitrogens with zero attached hydrogens (tertiary/aromatic N) is 1. The van der Waals surface area contributed by atoms with E-state index in [9.17, 15) is 9.90 Å². The van der Waals surface area contributed by atoms with Crippen molar-refractivity contribution >= 4 is 28.1 Å². The summed E-state index contributed by atoms with van der Waals surface area (Å²) >= 11 is 3.26. The summed E-state index contributed by atoms with van der Waals surface area (Å²) in [6.07, 6.45) is 6.26. The standard InChI is InChI=1S/C16H23BrN2O3/c1-3-5-6-7-8-15(20)19-18-11-12-9-13(17)16(21)14(10-12)22-4-2/h9-11,21H,3-8H2,1-2H3,(H,19,20). The molecule has 1 aromatic carbocycles. The molecule has 0 saturated carbocycles. The van der Waals surface area contributed by atoms with Crippen LogP contribution in [0.15, 0.2) is 21.7 Å². The van der Waals surface area contributed by atoms with Crippen LogP contribution >= 0.6 is 15.9 Å². The first-order chi connectivity index (χ1) is 10.6. The first-order valence-corrected chi connectivity index (χ1v) is 8.35. The second-order valence-corrected chi connectivity index (χ2v) is 5.74. The van der Waals surface area contributed by atoms with Gasteiger partial charge in [0.25, 0.3) is 0 Å². The lowest BCUT2D eigenvalue weighted by Gasteiger charge is -2.08. The van der Waals surface area contributed by atoms with Gasteiger partial charge >= 0.3 is 0 Å². The number of hydrazone groups is 1. The Balaban J connectivity index is 2.54. The largest absolute Gasteiger partial charge is 0.503 e. The van der Waals surface area contributed by atoms with Gasteiger partial charge in [-0.3, -0.25) is 4.79 Å². The van der Waals surface area contributed by atoms with Gasteiger partial charge in [0.1, 0.15) is 0 Å². The quantitative estimate of drug-likeness (QED) is 0.392. The van der Waals surface area contributed by atoms with Crippen molar-refractivity contribution in [3.05, 3.63) is 22.2 Å². The topological polar surface area (TPSA) is 70.9 Å². The van der Waals surface area contributed by atoms with E-state index in [0.29, 0.717) is 23.2 Å². The van der Waals surface area contributed by atoms with Crippen LogP contribution in [0.1, 0.15) is 51.5 Å². The predicted octanol–water partition coefficient (Wildman–Crippen LogP) is 3.97. The zero-order chi connectivity index (χ0) is 16.4.